The maximum Gasteiger partial charge on any atom is 0.105 e. The predicted octanol–water partition coefficient (Wildman–Crippen LogP) is 2.81. The van der Waals surface area contributed by atoms with Crippen LogP contribution in [0.25, 0.3) is 0 Å². The van der Waals surface area contributed by atoms with Gasteiger partial charge in [-0.3, -0.25) is 4.90 Å². The molecule has 2 aromatic heterocycles. The van der Waals surface area contributed by atoms with Crippen molar-refractivity contribution in [3.05, 3.63) is 41.2 Å². The van der Waals surface area contributed by atoms with Crippen LogP contribution in [0.15, 0.2) is 18.3 Å². The van der Waals surface area contributed by atoms with E-state index >= 15 is 0 Å². The Morgan fingerprint density at radius 1 is 1.25 bits per heavy atom. The molecular formula is C16H24N4. The number of hydrogen-bond donors (Lipinski definition) is 0. The van der Waals surface area contributed by atoms with E-state index in [-0.39, 0.29) is 0 Å². The van der Waals surface area contributed by atoms with Gasteiger partial charge in [-0.05, 0) is 32.4 Å². The third-order valence-electron chi connectivity index (χ3n) is 4.69. The molecule has 3 rings (SSSR count). The minimum atomic E-state index is 0.521. The largest absolute Gasteiger partial charge is 0.346 e. The summed E-state index contributed by atoms with van der Waals surface area (Å²) in [4.78, 5) is 7.00. The van der Waals surface area contributed by atoms with Crippen LogP contribution in [-0.4, -0.2) is 25.6 Å². The molecule has 0 aromatic carbocycles. The second-order valence-corrected chi connectivity index (χ2v) is 5.80. The smallest absolute Gasteiger partial charge is 0.105 e. The standard InChI is InChI=1S/C16H24N4/c1-5-15-16-7-6-12(2)20(16)9-8-19(15)11-14-10-17-13(3)18(14)4/h6-7,10,15H,5,8-9,11H2,1-4H3. The van der Waals surface area contributed by atoms with Crippen molar-refractivity contribution in [3.63, 3.8) is 0 Å². The number of fused-ring (bicyclic) bond motifs is 1. The molecule has 4 heteroatoms. The molecule has 0 amide bonds. The molecule has 20 heavy (non-hydrogen) atoms. The number of aromatic nitrogens is 3. The van der Waals surface area contributed by atoms with Gasteiger partial charge in [-0.15, -0.1) is 0 Å². The molecule has 0 spiro atoms. The van der Waals surface area contributed by atoms with Crippen molar-refractivity contribution in [1.82, 2.24) is 19.0 Å². The fourth-order valence-corrected chi connectivity index (χ4v) is 3.32. The quantitative estimate of drug-likeness (QED) is 0.858. The highest BCUT2D eigenvalue weighted by Crippen LogP contribution is 2.31. The highest BCUT2D eigenvalue weighted by atomic mass is 15.2. The van der Waals surface area contributed by atoms with Gasteiger partial charge in [-0.2, -0.15) is 0 Å². The first-order valence-corrected chi connectivity index (χ1v) is 7.49. The summed E-state index contributed by atoms with van der Waals surface area (Å²) in [5, 5.41) is 0. The van der Waals surface area contributed by atoms with Gasteiger partial charge in [0.1, 0.15) is 5.82 Å². The zero-order chi connectivity index (χ0) is 14.3. The Kier molecular flexibility index (Phi) is 3.42. The molecule has 4 nitrogen and oxygen atoms in total. The highest BCUT2D eigenvalue weighted by Gasteiger charge is 2.27. The minimum Gasteiger partial charge on any atom is -0.346 e. The minimum absolute atomic E-state index is 0.521. The topological polar surface area (TPSA) is 26.0 Å². The Bertz CT molecular complexity index is 608. The molecule has 0 bridgehead atoms. The van der Waals surface area contributed by atoms with E-state index in [1.807, 2.05) is 6.20 Å². The molecular weight excluding hydrogens is 248 g/mol. The summed E-state index contributed by atoms with van der Waals surface area (Å²) in [5.74, 6) is 1.09. The van der Waals surface area contributed by atoms with E-state index < -0.39 is 0 Å². The molecule has 1 aliphatic rings. The monoisotopic (exact) mass is 272 g/mol. The molecule has 2 aromatic rings. The van der Waals surface area contributed by atoms with Crippen molar-refractivity contribution in [2.75, 3.05) is 6.54 Å². The Labute approximate surface area is 121 Å². The fraction of sp³-hybridized carbons (Fsp3) is 0.562. The van der Waals surface area contributed by atoms with Gasteiger partial charge in [0, 0.05) is 44.3 Å². The van der Waals surface area contributed by atoms with Crippen LogP contribution in [0.3, 0.4) is 0 Å². The van der Waals surface area contributed by atoms with Crippen LogP contribution in [0, 0.1) is 13.8 Å². The van der Waals surface area contributed by atoms with Crippen molar-refractivity contribution in [2.45, 2.75) is 46.3 Å². The van der Waals surface area contributed by atoms with Gasteiger partial charge in [0.15, 0.2) is 0 Å². The fourth-order valence-electron chi connectivity index (χ4n) is 3.32. The number of imidazole rings is 1. The second-order valence-electron chi connectivity index (χ2n) is 5.80. The molecule has 0 saturated carbocycles. The average Bonchev–Trinajstić information content (AvgIpc) is 2.97. The van der Waals surface area contributed by atoms with E-state index in [0.29, 0.717) is 6.04 Å². The first-order chi connectivity index (χ1) is 9.61. The van der Waals surface area contributed by atoms with Crippen LogP contribution in [0.1, 0.15) is 42.3 Å². The average molecular weight is 272 g/mol. The van der Waals surface area contributed by atoms with Crippen LogP contribution < -0.4 is 0 Å². The Morgan fingerprint density at radius 2 is 2.05 bits per heavy atom. The van der Waals surface area contributed by atoms with Crippen molar-refractivity contribution < 1.29 is 0 Å². The predicted molar refractivity (Wildman–Crippen MR) is 80.6 cm³/mol. The first kappa shape index (κ1) is 13.4. The molecule has 1 unspecified atom stereocenters. The molecule has 0 radical (unpaired) electrons. The summed E-state index contributed by atoms with van der Waals surface area (Å²) >= 11 is 0. The SMILES string of the molecule is CCC1c2ccc(C)n2CCN1Cc1cnc(C)n1C. The van der Waals surface area contributed by atoms with Crippen molar-refractivity contribution >= 4 is 0 Å². The van der Waals surface area contributed by atoms with E-state index in [2.05, 4.69) is 59.0 Å². The molecule has 1 atom stereocenters. The highest BCUT2D eigenvalue weighted by molar-refractivity contribution is 5.21. The van der Waals surface area contributed by atoms with Crippen LogP contribution >= 0.6 is 0 Å². The summed E-state index contributed by atoms with van der Waals surface area (Å²) in [7, 11) is 2.11. The first-order valence-electron chi connectivity index (χ1n) is 7.49. The normalized spacial score (nSPS) is 19.3. The van der Waals surface area contributed by atoms with Crippen molar-refractivity contribution in [1.29, 1.82) is 0 Å². The lowest BCUT2D eigenvalue weighted by Gasteiger charge is -2.37. The Hall–Kier alpha value is -1.55. The molecule has 108 valence electrons. The number of hydrogen-bond acceptors (Lipinski definition) is 2. The van der Waals surface area contributed by atoms with E-state index in [4.69, 9.17) is 0 Å². The summed E-state index contributed by atoms with van der Waals surface area (Å²) in [6, 6.07) is 5.06. The van der Waals surface area contributed by atoms with Crippen LogP contribution in [0.4, 0.5) is 0 Å². The lowest BCUT2D eigenvalue weighted by atomic mass is 10.1. The van der Waals surface area contributed by atoms with Crippen molar-refractivity contribution in [3.8, 4) is 0 Å². The molecule has 0 saturated heterocycles. The van der Waals surface area contributed by atoms with Crippen LogP contribution in [0.5, 0.6) is 0 Å². The number of rotatable bonds is 3. The zero-order valence-electron chi connectivity index (χ0n) is 12.9. The lowest BCUT2D eigenvalue weighted by Crippen LogP contribution is -2.37. The Morgan fingerprint density at radius 3 is 2.70 bits per heavy atom. The summed E-state index contributed by atoms with van der Waals surface area (Å²) < 4.78 is 4.67. The van der Waals surface area contributed by atoms with Crippen LogP contribution in [-0.2, 0) is 20.1 Å². The van der Waals surface area contributed by atoms with Gasteiger partial charge in [0.25, 0.3) is 0 Å². The summed E-state index contributed by atoms with van der Waals surface area (Å²) in [6.45, 7) is 9.75. The molecule has 3 heterocycles. The van der Waals surface area contributed by atoms with Gasteiger partial charge in [-0.25, -0.2) is 4.98 Å². The molecule has 0 aliphatic carbocycles. The lowest BCUT2D eigenvalue weighted by molar-refractivity contribution is 0.140. The molecule has 1 aliphatic heterocycles. The maximum atomic E-state index is 4.41. The number of aryl methyl sites for hydroxylation is 2. The van der Waals surface area contributed by atoms with Gasteiger partial charge < -0.3 is 9.13 Å². The van der Waals surface area contributed by atoms with E-state index in [1.54, 1.807) is 0 Å². The summed E-state index contributed by atoms with van der Waals surface area (Å²) in [6.07, 6.45) is 3.17. The maximum absolute atomic E-state index is 4.41. The van der Waals surface area contributed by atoms with Gasteiger partial charge in [-0.1, -0.05) is 6.92 Å². The number of nitrogens with zero attached hydrogens (tertiary/aromatic N) is 4. The van der Waals surface area contributed by atoms with E-state index in [1.165, 1.54) is 17.1 Å². The van der Waals surface area contributed by atoms with Gasteiger partial charge >= 0.3 is 0 Å². The van der Waals surface area contributed by atoms with Gasteiger partial charge in [0.2, 0.25) is 0 Å². The molecule has 0 N–H and O–H groups in total. The van der Waals surface area contributed by atoms with Crippen molar-refractivity contribution in [2.24, 2.45) is 7.05 Å². The third kappa shape index (κ3) is 2.08. The zero-order valence-corrected chi connectivity index (χ0v) is 12.9. The molecule has 0 fully saturated rings. The van der Waals surface area contributed by atoms with E-state index in [9.17, 15) is 0 Å². The summed E-state index contributed by atoms with van der Waals surface area (Å²) in [5.41, 5.74) is 4.15. The van der Waals surface area contributed by atoms with E-state index in [0.717, 1.165) is 31.9 Å². The van der Waals surface area contributed by atoms with Gasteiger partial charge in [0.05, 0.1) is 11.7 Å². The van der Waals surface area contributed by atoms with Crippen LogP contribution in [0.2, 0.25) is 0 Å². The third-order valence-corrected chi connectivity index (χ3v) is 4.69. The Balaban J connectivity index is 1.86. The second kappa shape index (κ2) is 5.09.